The summed E-state index contributed by atoms with van der Waals surface area (Å²) >= 11 is 0. The molecule has 0 aromatic heterocycles. The number of allylic oxidation sites excluding steroid dienone is 1. The van der Waals surface area contributed by atoms with Crippen molar-refractivity contribution in [3.05, 3.63) is 12.2 Å². The molecule has 1 aliphatic heterocycles. The van der Waals surface area contributed by atoms with E-state index in [0.29, 0.717) is 18.6 Å². The Hall–Kier alpha value is -0.870. The van der Waals surface area contributed by atoms with Crippen LogP contribution >= 0.6 is 0 Å². The van der Waals surface area contributed by atoms with E-state index in [0.717, 1.165) is 38.9 Å². The normalized spacial score (nSPS) is 25.3. The van der Waals surface area contributed by atoms with Crippen LogP contribution in [-0.4, -0.2) is 49.8 Å². The molecule has 1 aliphatic carbocycles. The van der Waals surface area contributed by atoms with Crippen molar-refractivity contribution < 1.29 is 14.3 Å². The van der Waals surface area contributed by atoms with Gasteiger partial charge in [-0.25, -0.2) is 0 Å². The van der Waals surface area contributed by atoms with E-state index >= 15 is 0 Å². The summed E-state index contributed by atoms with van der Waals surface area (Å²) in [5.41, 5.74) is 0. The molecule has 0 amide bonds. The van der Waals surface area contributed by atoms with Gasteiger partial charge in [-0.2, -0.15) is 0 Å². The minimum Gasteiger partial charge on any atom is -0.468 e. The maximum absolute atomic E-state index is 11.6. The minimum atomic E-state index is -0.138. The molecule has 0 aromatic rings. The zero-order valence-electron chi connectivity index (χ0n) is 11.1. The molecule has 0 saturated carbocycles. The van der Waals surface area contributed by atoms with Crippen molar-refractivity contribution >= 4 is 5.97 Å². The van der Waals surface area contributed by atoms with Gasteiger partial charge < -0.3 is 9.47 Å². The van der Waals surface area contributed by atoms with Crippen LogP contribution in [0.25, 0.3) is 0 Å². The van der Waals surface area contributed by atoms with Gasteiger partial charge in [0.1, 0.15) is 0 Å². The number of hydrogen-bond acceptors (Lipinski definition) is 4. The zero-order valence-corrected chi connectivity index (χ0v) is 11.1. The SMILES string of the molecule is COC(=O)CN(C1CCOCC1)[C@@H]1C=CCCC1. The molecular weight excluding hydrogens is 230 g/mol. The average molecular weight is 253 g/mol. The molecule has 0 spiro atoms. The van der Waals surface area contributed by atoms with Gasteiger partial charge in [0.25, 0.3) is 0 Å². The minimum absolute atomic E-state index is 0.138. The number of esters is 1. The molecule has 0 aromatic carbocycles. The summed E-state index contributed by atoms with van der Waals surface area (Å²) in [5, 5.41) is 0. The van der Waals surface area contributed by atoms with Crippen molar-refractivity contribution in [3.8, 4) is 0 Å². The van der Waals surface area contributed by atoms with E-state index < -0.39 is 0 Å². The van der Waals surface area contributed by atoms with Crippen LogP contribution in [0.4, 0.5) is 0 Å². The predicted molar refractivity (Wildman–Crippen MR) is 69.3 cm³/mol. The Labute approximate surface area is 109 Å². The smallest absolute Gasteiger partial charge is 0.319 e. The van der Waals surface area contributed by atoms with E-state index in [9.17, 15) is 4.79 Å². The van der Waals surface area contributed by atoms with Gasteiger partial charge in [0.2, 0.25) is 0 Å². The van der Waals surface area contributed by atoms with Gasteiger partial charge in [-0.15, -0.1) is 0 Å². The molecule has 1 atom stereocenters. The van der Waals surface area contributed by atoms with Crippen LogP contribution < -0.4 is 0 Å². The second-order valence-corrected chi connectivity index (χ2v) is 5.02. The third-order valence-electron chi connectivity index (χ3n) is 3.85. The number of methoxy groups -OCH3 is 1. The monoisotopic (exact) mass is 253 g/mol. The molecule has 1 fully saturated rings. The molecule has 0 N–H and O–H groups in total. The highest BCUT2D eigenvalue weighted by Crippen LogP contribution is 2.23. The molecule has 1 heterocycles. The van der Waals surface area contributed by atoms with Crippen molar-refractivity contribution in [2.45, 2.75) is 44.2 Å². The second kappa shape index (κ2) is 6.90. The number of carbonyl (C=O) groups is 1. The van der Waals surface area contributed by atoms with E-state index in [2.05, 4.69) is 17.1 Å². The van der Waals surface area contributed by atoms with Crippen molar-refractivity contribution in [2.75, 3.05) is 26.9 Å². The number of nitrogens with zero attached hydrogens (tertiary/aromatic N) is 1. The predicted octanol–water partition coefficient (Wildman–Crippen LogP) is 1.75. The lowest BCUT2D eigenvalue weighted by molar-refractivity contribution is -0.143. The molecule has 18 heavy (non-hydrogen) atoms. The first kappa shape index (κ1) is 13.6. The maximum atomic E-state index is 11.6. The fraction of sp³-hybridized carbons (Fsp3) is 0.786. The third kappa shape index (κ3) is 3.56. The highest BCUT2D eigenvalue weighted by atomic mass is 16.5. The summed E-state index contributed by atoms with van der Waals surface area (Å²) in [6.07, 6.45) is 10.0. The summed E-state index contributed by atoms with van der Waals surface area (Å²) in [6, 6.07) is 0.839. The first-order valence-corrected chi connectivity index (χ1v) is 6.88. The highest BCUT2D eigenvalue weighted by Gasteiger charge is 2.29. The maximum Gasteiger partial charge on any atom is 0.319 e. The molecule has 2 aliphatic rings. The Morgan fingerprint density at radius 3 is 2.78 bits per heavy atom. The number of carbonyl (C=O) groups excluding carboxylic acids is 1. The Balaban J connectivity index is 2.02. The van der Waals surface area contributed by atoms with E-state index in [4.69, 9.17) is 9.47 Å². The zero-order chi connectivity index (χ0) is 12.8. The molecule has 4 heteroatoms. The van der Waals surface area contributed by atoms with Gasteiger partial charge in [-0.1, -0.05) is 12.2 Å². The molecule has 2 rings (SSSR count). The second-order valence-electron chi connectivity index (χ2n) is 5.02. The van der Waals surface area contributed by atoms with Crippen LogP contribution in [0.5, 0.6) is 0 Å². The summed E-state index contributed by atoms with van der Waals surface area (Å²) in [7, 11) is 1.46. The third-order valence-corrected chi connectivity index (χ3v) is 3.85. The number of rotatable bonds is 4. The molecule has 0 radical (unpaired) electrons. The Morgan fingerprint density at radius 2 is 2.17 bits per heavy atom. The number of hydrogen-bond donors (Lipinski definition) is 0. The van der Waals surface area contributed by atoms with Gasteiger partial charge in [-0.3, -0.25) is 9.69 Å². The molecule has 0 bridgehead atoms. The van der Waals surface area contributed by atoms with Gasteiger partial charge in [0.05, 0.1) is 13.7 Å². The molecular formula is C14H23NO3. The lowest BCUT2D eigenvalue weighted by atomic mass is 9.97. The van der Waals surface area contributed by atoms with Crippen molar-refractivity contribution in [3.63, 3.8) is 0 Å². The highest BCUT2D eigenvalue weighted by molar-refractivity contribution is 5.71. The van der Waals surface area contributed by atoms with Crippen LogP contribution in [0, 0.1) is 0 Å². The van der Waals surface area contributed by atoms with Gasteiger partial charge in [0.15, 0.2) is 0 Å². The van der Waals surface area contributed by atoms with Crippen molar-refractivity contribution in [1.82, 2.24) is 4.90 Å². The van der Waals surface area contributed by atoms with Crippen LogP contribution in [0.3, 0.4) is 0 Å². The Morgan fingerprint density at radius 1 is 1.39 bits per heavy atom. The molecule has 102 valence electrons. The first-order chi connectivity index (χ1) is 8.81. The summed E-state index contributed by atoms with van der Waals surface area (Å²) in [4.78, 5) is 13.9. The van der Waals surface area contributed by atoms with Gasteiger partial charge in [0, 0.05) is 25.3 Å². The fourth-order valence-electron chi connectivity index (χ4n) is 2.82. The van der Waals surface area contributed by atoms with Crippen LogP contribution in [-0.2, 0) is 14.3 Å². The largest absolute Gasteiger partial charge is 0.468 e. The van der Waals surface area contributed by atoms with E-state index in [1.54, 1.807) is 0 Å². The summed E-state index contributed by atoms with van der Waals surface area (Å²) in [6.45, 7) is 2.01. The molecule has 4 nitrogen and oxygen atoms in total. The lowest BCUT2D eigenvalue weighted by Gasteiger charge is -2.39. The van der Waals surface area contributed by atoms with Gasteiger partial charge in [-0.05, 0) is 32.1 Å². The standard InChI is InChI=1S/C14H23NO3/c1-17-14(16)11-15(12-5-3-2-4-6-12)13-7-9-18-10-8-13/h3,5,12-13H,2,4,6-11H2,1H3/t12-/m1/s1. The quantitative estimate of drug-likeness (QED) is 0.565. The average Bonchev–Trinajstić information content (AvgIpc) is 2.46. The summed E-state index contributed by atoms with van der Waals surface area (Å²) in [5.74, 6) is -0.138. The topological polar surface area (TPSA) is 38.8 Å². The van der Waals surface area contributed by atoms with Crippen LogP contribution in [0.2, 0.25) is 0 Å². The van der Waals surface area contributed by atoms with E-state index in [-0.39, 0.29) is 5.97 Å². The van der Waals surface area contributed by atoms with Crippen molar-refractivity contribution in [2.24, 2.45) is 0 Å². The molecule has 0 unspecified atom stereocenters. The lowest BCUT2D eigenvalue weighted by Crippen LogP contribution is -2.48. The van der Waals surface area contributed by atoms with Crippen LogP contribution in [0.15, 0.2) is 12.2 Å². The molecule has 1 saturated heterocycles. The summed E-state index contributed by atoms with van der Waals surface area (Å²) < 4.78 is 10.2. The van der Waals surface area contributed by atoms with E-state index in [1.165, 1.54) is 13.5 Å². The fourth-order valence-corrected chi connectivity index (χ4v) is 2.82. The first-order valence-electron chi connectivity index (χ1n) is 6.88. The number of ether oxygens (including phenoxy) is 2. The Kier molecular flexibility index (Phi) is 5.20. The Bertz CT molecular complexity index is 297. The van der Waals surface area contributed by atoms with E-state index in [1.807, 2.05) is 0 Å². The van der Waals surface area contributed by atoms with Crippen molar-refractivity contribution in [1.29, 1.82) is 0 Å². The van der Waals surface area contributed by atoms with Gasteiger partial charge >= 0.3 is 5.97 Å². The van der Waals surface area contributed by atoms with Crippen LogP contribution in [0.1, 0.15) is 32.1 Å².